The largest absolute Gasteiger partial charge is 0.330 e. The molecule has 0 aliphatic rings. The molecule has 1 atom stereocenters. The zero-order chi connectivity index (χ0) is 12.5. The average Bonchev–Trinajstić information content (AvgIpc) is 2.18. The zero-order valence-corrected chi connectivity index (χ0v) is 9.81. The normalized spacial score (nSPS) is 13.8. The highest BCUT2D eigenvalue weighted by Crippen LogP contribution is 2.25. The van der Waals surface area contributed by atoms with Gasteiger partial charge in [0.25, 0.3) is 0 Å². The molecule has 0 saturated heterocycles. The highest BCUT2D eigenvalue weighted by molar-refractivity contribution is 7.90. The van der Waals surface area contributed by atoms with Crippen molar-refractivity contribution in [2.45, 2.75) is 17.7 Å². The molecule has 0 saturated carbocycles. The maximum Gasteiger partial charge on any atom is 0.178 e. The van der Waals surface area contributed by atoms with Gasteiger partial charge in [0.2, 0.25) is 0 Å². The number of benzene rings is 1. The monoisotopic (exact) mass is 249 g/mol. The molecular formula is C10H13F2NO2S. The lowest BCUT2D eigenvalue weighted by Gasteiger charge is -2.12. The van der Waals surface area contributed by atoms with Crippen molar-refractivity contribution in [3.63, 3.8) is 0 Å². The van der Waals surface area contributed by atoms with E-state index < -0.39 is 32.3 Å². The van der Waals surface area contributed by atoms with E-state index in [1.54, 1.807) is 6.92 Å². The molecule has 0 aliphatic heterocycles. The smallest absolute Gasteiger partial charge is 0.178 e. The Morgan fingerprint density at radius 1 is 1.38 bits per heavy atom. The van der Waals surface area contributed by atoms with Gasteiger partial charge in [-0.2, -0.15) is 0 Å². The van der Waals surface area contributed by atoms with Crippen LogP contribution in [0.4, 0.5) is 8.78 Å². The number of rotatable bonds is 3. The summed E-state index contributed by atoms with van der Waals surface area (Å²) in [5.74, 6) is -2.13. The van der Waals surface area contributed by atoms with Crippen LogP contribution in [-0.4, -0.2) is 21.2 Å². The van der Waals surface area contributed by atoms with Crippen molar-refractivity contribution in [1.29, 1.82) is 0 Å². The van der Waals surface area contributed by atoms with Gasteiger partial charge in [-0.1, -0.05) is 6.92 Å². The van der Waals surface area contributed by atoms with Crippen LogP contribution in [0.1, 0.15) is 18.4 Å². The van der Waals surface area contributed by atoms with Crippen molar-refractivity contribution in [2.75, 3.05) is 12.8 Å². The highest BCUT2D eigenvalue weighted by atomic mass is 32.2. The topological polar surface area (TPSA) is 60.2 Å². The van der Waals surface area contributed by atoms with Crippen LogP contribution in [0.3, 0.4) is 0 Å². The lowest BCUT2D eigenvalue weighted by molar-refractivity contribution is 0.533. The van der Waals surface area contributed by atoms with Crippen molar-refractivity contribution in [1.82, 2.24) is 0 Å². The molecule has 0 spiro atoms. The Balaban J connectivity index is 3.50. The van der Waals surface area contributed by atoms with Gasteiger partial charge < -0.3 is 5.73 Å². The Hall–Kier alpha value is -1.01. The van der Waals surface area contributed by atoms with E-state index in [2.05, 4.69) is 0 Å². The molecule has 0 radical (unpaired) electrons. The van der Waals surface area contributed by atoms with Crippen LogP contribution in [0.5, 0.6) is 0 Å². The number of halogens is 2. The SMILES string of the molecule is CC(CN)c1cc(F)cc(S(C)(=O)=O)c1F. The summed E-state index contributed by atoms with van der Waals surface area (Å²) in [4.78, 5) is -0.622. The van der Waals surface area contributed by atoms with E-state index in [-0.39, 0.29) is 12.1 Å². The molecule has 0 amide bonds. The van der Waals surface area contributed by atoms with Gasteiger partial charge in [-0.05, 0) is 30.2 Å². The third-order valence-corrected chi connectivity index (χ3v) is 3.41. The molecule has 6 heteroatoms. The minimum absolute atomic E-state index is 0.0112. The molecule has 1 rings (SSSR count). The first kappa shape index (κ1) is 13.1. The Morgan fingerprint density at radius 3 is 2.38 bits per heavy atom. The maximum atomic E-state index is 13.8. The van der Waals surface area contributed by atoms with Crippen LogP contribution < -0.4 is 5.73 Å². The number of hydrogen-bond donors (Lipinski definition) is 1. The van der Waals surface area contributed by atoms with Gasteiger partial charge in [0, 0.05) is 6.26 Å². The molecule has 0 aliphatic carbocycles. The first-order chi connectivity index (χ1) is 7.27. The first-order valence-corrected chi connectivity index (χ1v) is 6.55. The molecule has 0 fully saturated rings. The molecule has 0 heterocycles. The van der Waals surface area contributed by atoms with Crippen LogP contribution >= 0.6 is 0 Å². The van der Waals surface area contributed by atoms with E-state index in [0.29, 0.717) is 6.07 Å². The van der Waals surface area contributed by atoms with Crippen LogP contribution in [0.15, 0.2) is 17.0 Å². The predicted octanol–water partition coefficient (Wildman–Crippen LogP) is 1.43. The minimum atomic E-state index is -3.78. The summed E-state index contributed by atoms with van der Waals surface area (Å²) in [6.45, 7) is 1.72. The van der Waals surface area contributed by atoms with Gasteiger partial charge in [-0.25, -0.2) is 17.2 Å². The molecule has 1 aromatic rings. The summed E-state index contributed by atoms with van der Waals surface area (Å²) in [5.41, 5.74) is 5.33. The third-order valence-electron chi connectivity index (χ3n) is 2.32. The second-order valence-electron chi connectivity index (χ2n) is 3.72. The Kier molecular flexibility index (Phi) is 3.64. The van der Waals surface area contributed by atoms with Gasteiger partial charge in [-0.3, -0.25) is 0 Å². The van der Waals surface area contributed by atoms with Gasteiger partial charge >= 0.3 is 0 Å². The van der Waals surface area contributed by atoms with Gasteiger partial charge in [0.1, 0.15) is 16.5 Å². The quantitative estimate of drug-likeness (QED) is 0.881. The fraction of sp³-hybridized carbons (Fsp3) is 0.400. The van der Waals surface area contributed by atoms with E-state index in [1.807, 2.05) is 0 Å². The van der Waals surface area contributed by atoms with Crippen molar-refractivity contribution in [3.05, 3.63) is 29.3 Å². The number of hydrogen-bond acceptors (Lipinski definition) is 3. The fourth-order valence-electron chi connectivity index (χ4n) is 1.34. The Bertz CT molecular complexity index is 500. The molecule has 3 nitrogen and oxygen atoms in total. The highest BCUT2D eigenvalue weighted by Gasteiger charge is 2.21. The summed E-state index contributed by atoms with van der Waals surface area (Å²) in [7, 11) is -3.78. The Morgan fingerprint density at radius 2 is 1.94 bits per heavy atom. The lowest BCUT2D eigenvalue weighted by atomic mass is 10.0. The van der Waals surface area contributed by atoms with E-state index >= 15 is 0 Å². The Labute approximate surface area is 93.2 Å². The van der Waals surface area contributed by atoms with Crippen molar-refractivity contribution in [2.24, 2.45) is 5.73 Å². The van der Waals surface area contributed by atoms with E-state index in [0.717, 1.165) is 12.3 Å². The van der Waals surface area contributed by atoms with Crippen molar-refractivity contribution >= 4 is 9.84 Å². The van der Waals surface area contributed by atoms with Crippen LogP contribution in [0.2, 0.25) is 0 Å². The molecule has 1 aromatic carbocycles. The second kappa shape index (κ2) is 4.47. The predicted molar refractivity (Wildman–Crippen MR) is 56.9 cm³/mol. The summed E-state index contributed by atoms with van der Waals surface area (Å²) < 4.78 is 49.4. The minimum Gasteiger partial charge on any atom is -0.330 e. The van der Waals surface area contributed by atoms with Crippen molar-refractivity contribution in [3.8, 4) is 0 Å². The fourth-order valence-corrected chi connectivity index (χ4v) is 2.11. The lowest BCUT2D eigenvalue weighted by Crippen LogP contribution is -2.13. The molecule has 16 heavy (non-hydrogen) atoms. The van der Waals surface area contributed by atoms with Crippen LogP contribution in [0.25, 0.3) is 0 Å². The van der Waals surface area contributed by atoms with E-state index in [1.165, 1.54) is 0 Å². The molecule has 2 N–H and O–H groups in total. The summed E-state index contributed by atoms with van der Waals surface area (Å²) in [5, 5.41) is 0. The van der Waals surface area contributed by atoms with Crippen LogP contribution in [-0.2, 0) is 9.84 Å². The molecular weight excluding hydrogens is 236 g/mol. The summed E-state index contributed by atoms with van der Waals surface area (Å²) in [6.07, 6.45) is 0.835. The third kappa shape index (κ3) is 2.56. The number of nitrogens with two attached hydrogens (primary N) is 1. The van der Waals surface area contributed by atoms with Crippen LogP contribution in [0, 0.1) is 11.6 Å². The maximum absolute atomic E-state index is 13.8. The van der Waals surface area contributed by atoms with Gasteiger partial charge in [0.15, 0.2) is 9.84 Å². The standard InChI is InChI=1S/C10H13F2NO2S/c1-6(5-13)8-3-7(11)4-9(10(8)12)16(2,14)15/h3-4,6H,5,13H2,1-2H3. The van der Waals surface area contributed by atoms with E-state index in [9.17, 15) is 17.2 Å². The molecule has 0 bridgehead atoms. The van der Waals surface area contributed by atoms with E-state index in [4.69, 9.17) is 5.73 Å². The molecule has 90 valence electrons. The second-order valence-corrected chi connectivity index (χ2v) is 5.70. The first-order valence-electron chi connectivity index (χ1n) is 4.66. The summed E-state index contributed by atoms with van der Waals surface area (Å²) >= 11 is 0. The molecule has 1 unspecified atom stereocenters. The molecule has 0 aromatic heterocycles. The zero-order valence-electron chi connectivity index (χ0n) is 9.00. The summed E-state index contributed by atoms with van der Waals surface area (Å²) in [6, 6.07) is 1.65. The van der Waals surface area contributed by atoms with Gasteiger partial charge in [-0.15, -0.1) is 0 Å². The van der Waals surface area contributed by atoms with Gasteiger partial charge in [0.05, 0.1) is 0 Å². The number of sulfone groups is 1. The average molecular weight is 249 g/mol. The van der Waals surface area contributed by atoms with Crippen molar-refractivity contribution < 1.29 is 17.2 Å².